The van der Waals surface area contributed by atoms with Gasteiger partial charge in [-0.2, -0.15) is 0 Å². The molecule has 1 atom stereocenters. The highest BCUT2D eigenvalue weighted by atomic mass is 16.3. The standard InChI is InChI=1S/C29H36N4O4/c1-4-5-6-13-30-20-9-11-22(24(16-20)31-18(2)34)26-28(36)27(29(26)37)23-12-10-21(33-14-7-8-15-33)17-25(23)32-19(3)35/h9-12,16-17,28,36-37H,4-8,13-15H2,1-3H3,(H,31,34)(H,32,35)/b26-22+,30-20-. The second-order valence-electron chi connectivity index (χ2n) is 9.68. The monoisotopic (exact) mass is 504 g/mol. The van der Waals surface area contributed by atoms with Crippen molar-refractivity contribution in [1.29, 1.82) is 0 Å². The van der Waals surface area contributed by atoms with Crippen LogP contribution in [0.2, 0.25) is 0 Å². The van der Waals surface area contributed by atoms with Gasteiger partial charge in [0.2, 0.25) is 11.8 Å². The van der Waals surface area contributed by atoms with E-state index < -0.39 is 6.10 Å². The third-order valence-corrected chi connectivity index (χ3v) is 6.79. The number of aliphatic hydroxyl groups excluding tert-OH is 2. The highest BCUT2D eigenvalue weighted by Gasteiger charge is 2.39. The van der Waals surface area contributed by atoms with Gasteiger partial charge in [-0.25, -0.2) is 0 Å². The van der Waals surface area contributed by atoms with Crippen LogP contribution in [0.15, 0.2) is 64.0 Å². The zero-order chi connectivity index (χ0) is 26.5. The summed E-state index contributed by atoms with van der Waals surface area (Å²) in [6.07, 6.45) is 9.72. The van der Waals surface area contributed by atoms with Crippen molar-refractivity contribution < 1.29 is 19.8 Å². The lowest BCUT2D eigenvalue weighted by Crippen LogP contribution is -2.32. The maximum absolute atomic E-state index is 11.9. The molecular formula is C29H36N4O4. The van der Waals surface area contributed by atoms with Crippen LogP contribution in [0, 0.1) is 0 Å². The van der Waals surface area contributed by atoms with E-state index in [2.05, 4.69) is 27.4 Å². The Morgan fingerprint density at radius 3 is 2.43 bits per heavy atom. The largest absolute Gasteiger partial charge is 0.507 e. The van der Waals surface area contributed by atoms with Crippen LogP contribution in [0.3, 0.4) is 0 Å². The van der Waals surface area contributed by atoms with E-state index in [0.29, 0.717) is 40.2 Å². The lowest BCUT2D eigenvalue weighted by molar-refractivity contribution is -0.118. The Morgan fingerprint density at radius 1 is 1.05 bits per heavy atom. The Morgan fingerprint density at radius 2 is 1.78 bits per heavy atom. The third kappa shape index (κ3) is 5.85. The van der Waals surface area contributed by atoms with Gasteiger partial charge in [0.15, 0.2) is 0 Å². The number of allylic oxidation sites excluding steroid dienone is 3. The number of hydrogen-bond acceptors (Lipinski definition) is 6. The average molecular weight is 505 g/mol. The summed E-state index contributed by atoms with van der Waals surface area (Å²) in [5.74, 6) is -0.552. The summed E-state index contributed by atoms with van der Waals surface area (Å²) in [5.41, 5.74) is 4.51. The molecule has 1 heterocycles. The summed E-state index contributed by atoms with van der Waals surface area (Å²) in [6, 6.07) is 5.68. The fourth-order valence-electron chi connectivity index (χ4n) is 4.98. The molecule has 8 nitrogen and oxygen atoms in total. The number of nitrogens with zero attached hydrogens (tertiary/aromatic N) is 2. The number of nitrogens with one attached hydrogen (secondary N) is 2. The van der Waals surface area contributed by atoms with Gasteiger partial charge >= 0.3 is 0 Å². The molecule has 1 saturated heterocycles. The van der Waals surface area contributed by atoms with E-state index in [0.717, 1.165) is 56.6 Å². The molecule has 1 aromatic rings. The van der Waals surface area contributed by atoms with E-state index in [1.807, 2.05) is 24.3 Å². The number of aliphatic imine (C=N–C) groups is 1. The highest BCUT2D eigenvalue weighted by molar-refractivity contribution is 6.08. The number of unbranched alkanes of at least 4 members (excludes halogenated alkanes) is 2. The fourth-order valence-corrected chi connectivity index (χ4v) is 4.98. The predicted octanol–water partition coefficient (Wildman–Crippen LogP) is 4.41. The van der Waals surface area contributed by atoms with E-state index in [9.17, 15) is 19.8 Å². The molecule has 196 valence electrons. The maximum Gasteiger partial charge on any atom is 0.221 e. The molecule has 1 aromatic carbocycles. The zero-order valence-electron chi connectivity index (χ0n) is 21.8. The lowest BCUT2D eigenvalue weighted by Gasteiger charge is -2.34. The average Bonchev–Trinajstić information content (AvgIpc) is 3.39. The molecule has 1 fully saturated rings. The van der Waals surface area contributed by atoms with Crippen LogP contribution in [0.4, 0.5) is 11.4 Å². The molecule has 8 heteroatoms. The molecule has 0 spiro atoms. The summed E-state index contributed by atoms with van der Waals surface area (Å²) in [4.78, 5) is 30.7. The van der Waals surface area contributed by atoms with E-state index >= 15 is 0 Å². The van der Waals surface area contributed by atoms with Crippen LogP contribution in [0.5, 0.6) is 0 Å². The van der Waals surface area contributed by atoms with Gasteiger partial charge in [0, 0.05) is 61.5 Å². The van der Waals surface area contributed by atoms with Crippen molar-refractivity contribution in [1.82, 2.24) is 5.32 Å². The molecule has 3 aliphatic rings. The van der Waals surface area contributed by atoms with Gasteiger partial charge < -0.3 is 25.7 Å². The molecule has 4 rings (SSSR count). The molecule has 0 aromatic heterocycles. The quantitative estimate of drug-likeness (QED) is 0.392. The van der Waals surface area contributed by atoms with Gasteiger partial charge in [-0.1, -0.05) is 31.9 Å². The van der Waals surface area contributed by atoms with E-state index in [1.54, 1.807) is 12.2 Å². The molecule has 2 aliphatic carbocycles. The van der Waals surface area contributed by atoms with Crippen LogP contribution in [-0.2, 0) is 9.59 Å². The van der Waals surface area contributed by atoms with E-state index in [-0.39, 0.29) is 17.6 Å². The number of rotatable bonds is 8. The number of carbonyl (C=O) groups is 2. The van der Waals surface area contributed by atoms with Gasteiger partial charge in [0.1, 0.15) is 11.9 Å². The third-order valence-electron chi connectivity index (χ3n) is 6.79. The summed E-state index contributed by atoms with van der Waals surface area (Å²) in [7, 11) is 0. The summed E-state index contributed by atoms with van der Waals surface area (Å²) in [6.45, 7) is 7.60. The molecule has 37 heavy (non-hydrogen) atoms. The summed E-state index contributed by atoms with van der Waals surface area (Å²) < 4.78 is 0. The van der Waals surface area contributed by atoms with E-state index in [1.165, 1.54) is 13.8 Å². The van der Waals surface area contributed by atoms with E-state index in [4.69, 9.17) is 0 Å². The topological polar surface area (TPSA) is 114 Å². The molecule has 4 N–H and O–H groups in total. The molecule has 1 unspecified atom stereocenters. The number of hydrogen-bond donors (Lipinski definition) is 4. The minimum Gasteiger partial charge on any atom is -0.507 e. The molecule has 0 saturated carbocycles. The maximum atomic E-state index is 11.9. The molecular weight excluding hydrogens is 468 g/mol. The minimum atomic E-state index is -1.09. The first-order valence-corrected chi connectivity index (χ1v) is 13.0. The Bertz CT molecular complexity index is 1230. The number of benzene rings is 1. The number of aliphatic hydroxyl groups is 2. The fraction of sp³-hybridized carbons (Fsp3) is 0.414. The van der Waals surface area contributed by atoms with Crippen LogP contribution in [0.1, 0.15) is 58.4 Å². The summed E-state index contributed by atoms with van der Waals surface area (Å²) in [5, 5.41) is 28.0. The smallest absolute Gasteiger partial charge is 0.221 e. The van der Waals surface area contributed by atoms with Gasteiger partial charge in [-0.15, -0.1) is 0 Å². The van der Waals surface area contributed by atoms with Crippen molar-refractivity contribution in [3.63, 3.8) is 0 Å². The van der Waals surface area contributed by atoms with Crippen LogP contribution < -0.4 is 15.5 Å². The second-order valence-corrected chi connectivity index (χ2v) is 9.68. The van der Waals surface area contributed by atoms with Crippen molar-refractivity contribution in [3.05, 3.63) is 64.6 Å². The second kappa shape index (κ2) is 11.6. The van der Waals surface area contributed by atoms with Gasteiger partial charge in [-0.05, 0) is 43.5 Å². The van der Waals surface area contributed by atoms with Crippen molar-refractivity contribution in [3.8, 4) is 0 Å². The van der Waals surface area contributed by atoms with Crippen LogP contribution in [-0.4, -0.2) is 53.5 Å². The van der Waals surface area contributed by atoms with Crippen molar-refractivity contribution >= 4 is 34.5 Å². The molecule has 2 amide bonds. The molecule has 1 aliphatic heterocycles. The lowest BCUT2D eigenvalue weighted by atomic mass is 9.77. The van der Waals surface area contributed by atoms with Gasteiger partial charge in [0.05, 0.1) is 17.1 Å². The summed E-state index contributed by atoms with van der Waals surface area (Å²) >= 11 is 0. The van der Waals surface area contributed by atoms with Crippen LogP contribution >= 0.6 is 0 Å². The van der Waals surface area contributed by atoms with Crippen molar-refractivity contribution in [2.75, 3.05) is 29.9 Å². The van der Waals surface area contributed by atoms with Crippen molar-refractivity contribution in [2.24, 2.45) is 4.99 Å². The predicted molar refractivity (Wildman–Crippen MR) is 148 cm³/mol. The first-order chi connectivity index (χ1) is 17.8. The number of amides is 2. The van der Waals surface area contributed by atoms with Gasteiger partial charge in [0.25, 0.3) is 0 Å². The first-order valence-electron chi connectivity index (χ1n) is 13.0. The Labute approximate surface area is 218 Å². The Kier molecular flexibility index (Phi) is 8.28. The number of anilines is 2. The van der Waals surface area contributed by atoms with Crippen LogP contribution in [0.25, 0.3) is 5.57 Å². The molecule has 0 radical (unpaired) electrons. The SMILES string of the molecule is CCCCC/N=C1C=C/C(=C2\C(O)=C(c3ccc(N4CCCC4)cc3NC(C)=O)C2O)C(NC(C)=O)=C/1. The molecule has 0 bridgehead atoms. The first kappa shape index (κ1) is 26.4. The highest BCUT2D eigenvalue weighted by Crippen LogP contribution is 2.46. The normalized spacial score (nSPS) is 22.3. The van der Waals surface area contributed by atoms with Gasteiger partial charge in [-0.3, -0.25) is 14.6 Å². The Hall–Kier alpha value is -3.65. The van der Waals surface area contributed by atoms with Crippen molar-refractivity contribution in [2.45, 2.75) is 59.0 Å². The Balaban J connectivity index is 1.70. The minimum absolute atomic E-state index is 0.0627. The zero-order valence-corrected chi connectivity index (χ0v) is 21.8. The number of carbonyl (C=O) groups excluding carboxylic acids is 2.